The van der Waals surface area contributed by atoms with Crippen LogP contribution < -0.4 is 5.73 Å². The number of rotatable bonds is 1. The zero-order chi connectivity index (χ0) is 11.7. The summed E-state index contributed by atoms with van der Waals surface area (Å²) in [7, 11) is 0. The molecule has 2 aromatic carbocycles. The number of nitrogens with two attached hydrogens (primary N) is 1. The molecule has 2 N–H and O–H groups in total. The van der Waals surface area contributed by atoms with Gasteiger partial charge in [0.2, 0.25) is 0 Å². The highest BCUT2D eigenvalue weighted by Crippen LogP contribution is 2.39. The first kappa shape index (κ1) is 11.3. The third kappa shape index (κ3) is 1.89. The van der Waals surface area contributed by atoms with Gasteiger partial charge < -0.3 is 5.73 Å². The number of nitrogen functional groups attached to an aromatic ring is 1. The molecule has 0 aliphatic rings. The van der Waals surface area contributed by atoms with Crippen molar-refractivity contribution in [2.45, 2.75) is 6.92 Å². The van der Waals surface area contributed by atoms with Crippen molar-refractivity contribution in [3.05, 3.63) is 52.0 Å². The van der Waals surface area contributed by atoms with E-state index in [1.54, 1.807) is 6.07 Å². The predicted molar refractivity (Wildman–Crippen MR) is 71.0 cm³/mol. The highest BCUT2D eigenvalue weighted by atomic mass is 35.5. The second kappa shape index (κ2) is 4.36. The van der Waals surface area contributed by atoms with Gasteiger partial charge in [-0.1, -0.05) is 53.5 Å². The number of benzene rings is 2. The summed E-state index contributed by atoms with van der Waals surface area (Å²) in [5.41, 5.74) is 9.45. The van der Waals surface area contributed by atoms with Crippen molar-refractivity contribution in [1.82, 2.24) is 0 Å². The van der Waals surface area contributed by atoms with Crippen LogP contribution in [0, 0.1) is 6.92 Å². The molecule has 1 nitrogen and oxygen atoms in total. The van der Waals surface area contributed by atoms with Gasteiger partial charge in [0, 0.05) is 11.3 Å². The maximum Gasteiger partial charge on any atom is 0.0691 e. The maximum absolute atomic E-state index is 6.19. The predicted octanol–water partition coefficient (Wildman–Crippen LogP) is 4.55. The third-order valence-corrected chi connectivity index (χ3v) is 3.32. The molecule has 0 amide bonds. The van der Waals surface area contributed by atoms with Crippen molar-refractivity contribution >= 4 is 28.9 Å². The van der Waals surface area contributed by atoms with E-state index in [-0.39, 0.29) is 0 Å². The molecule has 16 heavy (non-hydrogen) atoms. The molecule has 0 aliphatic heterocycles. The molecule has 2 aromatic rings. The van der Waals surface area contributed by atoms with Crippen LogP contribution >= 0.6 is 23.2 Å². The highest BCUT2D eigenvalue weighted by Gasteiger charge is 2.13. The van der Waals surface area contributed by atoms with Gasteiger partial charge in [-0.15, -0.1) is 0 Å². The molecule has 0 unspecified atom stereocenters. The highest BCUT2D eigenvalue weighted by molar-refractivity contribution is 6.44. The summed E-state index contributed by atoms with van der Waals surface area (Å²) in [6, 6.07) is 11.6. The average molecular weight is 252 g/mol. The summed E-state index contributed by atoms with van der Waals surface area (Å²) in [6.07, 6.45) is 0. The van der Waals surface area contributed by atoms with E-state index in [0.717, 1.165) is 16.7 Å². The van der Waals surface area contributed by atoms with Crippen molar-refractivity contribution < 1.29 is 0 Å². The van der Waals surface area contributed by atoms with Crippen LogP contribution in [0.25, 0.3) is 11.1 Å². The summed E-state index contributed by atoms with van der Waals surface area (Å²) in [4.78, 5) is 0. The fourth-order valence-electron chi connectivity index (χ4n) is 1.65. The summed E-state index contributed by atoms with van der Waals surface area (Å²) >= 11 is 12.2. The van der Waals surface area contributed by atoms with Gasteiger partial charge in [-0.3, -0.25) is 0 Å². The zero-order valence-corrected chi connectivity index (χ0v) is 10.3. The van der Waals surface area contributed by atoms with Crippen molar-refractivity contribution in [2.24, 2.45) is 0 Å². The van der Waals surface area contributed by atoms with Gasteiger partial charge in [0.1, 0.15) is 0 Å². The quantitative estimate of drug-likeness (QED) is 0.740. The Bertz CT molecular complexity index is 495. The smallest absolute Gasteiger partial charge is 0.0691 e. The number of hydrogen-bond acceptors (Lipinski definition) is 1. The standard InChI is InChI=1S/C13H11Cl2N/c1-8-7-10(14)12(15)11(13(8)16)9-5-3-2-4-6-9/h2-7H,16H2,1H3. The van der Waals surface area contributed by atoms with E-state index in [1.807, 2.05) is 37.3 Å². The van der Waals surface area contributed by atoms with Crippen molar-refractivity contribution in [2.75, 3.05) is 5.73 Å². The summed E-state index contributed by atoms with van der Waals surface area (Å²) in [6.45, 7) is 1.92. The van der Waals surface area contributed by atoms with Crippen LogP contribution in [0.5, 0.6) is 0 Å². The van der Waals surface area contributed by atoms with Crippen LogP contribution in [0.1, 0.15) is 5.56 Å². The molecule has 3 heteroatoms. The molecule has 82 valence electrons. The Labute approximate surface area is 105 Å². The summed E-state index contributed by atoms with van der Waals surface area (Å²) in [5.74, 6) is 0. The van der Waals surface area contributed by atoms with Crippen LogP contribution in [0.2, 0.25) is 10.0 Å². The molecule has 0 heterocycles. The SMILES string of the molecule is Cc1cc(Cl)c(Cl)c(-c2ccccc2)c1N. The largest absolute Gasteiger partial charge is 0.398 e. The van der Waals surface area contributed by atoms with E-state index < -0.39 is 0 Å². The summed E-state index contributed by atoms with van der Waals surface area (Å²) in [5, 5.41) is 1.04. The van der Waals surface area contributed by atoms with Crippen molar-refractivity contribution in [3.63, 3.8) is 0 Å². The van der Waals surface area contributed by atoms with Crippen molar-refractivity contribution in [1.29, 1.82) is 0 Å². The van der Waals surface area contributed by atoms with Gasteiger partial charge >= 0.3 is 0 Å². The van der Waals surface area contributed by atoms with Crippen LogP contribution in [-0.4, -0.2) is 0 Å². The number of aryl methyl sites for hydroxylation is 1. The van der Waals surface area contributed by atoms with Gasteiger partial charge in [0.05, 0.1) is 10.0 Å². The van der Waals surface area contributed by atoms with Gasteiger partial charge in [0.25, 0.3) is 0 Å². The average Bonchev–Trinajstić information content (AvgIpc) is 2.28. The lowest BCUT2D eigenvalue weighted by Crippen LogP contribution is -1.95. The molecule has 0 radical (unpaired) electrons. The Hall–Kier alpha value is -1.18. The van der Waals surface area contributed by atoms with E-state index >= 15 is 0 Å². The molecular weight excluding hydrogens is 241 g/mol. The van der Waals surface area contributed by atoms with E-state index in [0.29, 0.717) is 15.7 Å². The van der Waals surface area contributed by atoms with Gasteiger partial charge in [-0.05, 0) is 24.1 Å². The topological polar surface area (TPSA) is 26.0 Å². The third-order valence-electron chi connectivity index (χ3n) is 2.53. The summed E-state index contributed by atoms with van der Waals surface area (Å²) < 4.78 is 0. The zero-order valence-electron chi connectivity index (χ0n) is 8.80. The van der Waals surface area contributed by atoms with E-state index in [9.17, 15) is 0 Å². The van der Waals surface area contributed by atoms with Crippen LogP contribution in [0.15, 0.2) is 36.4 Å². The molecule has 0 aliphatic carbocycles. The van der Waals surface area contributed by atoms with Gasteiger partial charge in [-0.25, -0.2) is 0 Å². The van der Waals surface area contributed by atoms with Crippen LogP contribution in [0.4, 0.5) is 5.69 Å². The Morgan fingerprint density at radius 1 is 1.06 bits per heavy atom. The molecule has 0 saturated carbocycles. The Balaban J connectivity index is 2.74. The number of hydrogen-bond donors (Lipinski definition) is 1. The first-order valence-electron chi connectivity index (χ1n) is 4.90. The van der Waals surface area contributed by atoms with E-state index in [1.165, 1.54) is 0 Å². The lowest BCUT2D eigenvalue weighted by atomic mass is 10.0. The van der Waals surface area contributed by atoms with E-state index in [2.05, 4.69) is 0 Å². The normalized spacial score (nSPS) is 10.4. The molecule has 0 aromatic heterocycles. The van der Waals surface area contributed by atoms with Gasteiger partial charge in [-0.2, -0.15) is 0 Å². The number of anilines is 1. The van der Waals surface area contributed by atoms with Gasteiger partial charge in [0.15, 0.2) is 0 Å². The molecular formula is C13H11Cl2N. The second-order valence-electron chi connectivity index (χ2n) is 3.64. The van der Waals surface area contributed by atoms with Crippen LogP contribution in [0.3, 0.4) is 0 Å². The second-order valence-corrected chi connectivity index (χ2v) is 4.43. The first-order chi connectivity index (χ1) is 7.61. The molecule has 2 rings (SSSR count). The molecule has 0 saturated heterocycles. The molecule has 0 fully saturated rings. The van der Waals surface area contributed by atoms with E-state index in [4.69, 9.17) is 28.9 Å². The molecule has 0 atom stereocenters. The van der Waals surface area contributed by atoms with Crippen LogP contribution in [-0.2, 0) is 0 Å². The fraction of sp³-hybridized carbons (Fsp3) is 0.0769. The lowest BCUT2D eigenvalue weighted by Gasteiger charge is -2.12. The number of halogens is 2. The minimum atomic E-state index is 0.510. The minimum absolute atomic E-state index is 0.510. The van der Waals surface area contributed by atoms with Crippen molar-refractivity contribution in [3.8, 4) is 11.1 Å². The first-order valence-corrected chi connectivity index (χ1v) is 5.66. The Morgan fingerprint density at radius 2 is 1.69 bits per heavy atom. The maximum atomic E-state index is 6.19. The monoisotopic (exact) mass is 251 g/mol. The Morgan fingerprint density at radius 3 is 2.31 bits per heavy atom. The Kier molecular flexibility index (Phi) is 3.08. The minimum Gasteiger partial charge on any atom is -0.398 e. The molecule has 0 bridgehead atoms. The molecule has 0 spiro atoms. The fourth-order valence-corrected chi connectivity index (χ4v) is 2.18. The lowest BCUT2D eigenvalue weighted by molar-refractivity contribution is 1.46.